The lowest BCUT2D eigenvalue weighted by molar-refractivity contribution is -0.149. The van der Waals surface area contributed by atoms with Gasteiger partial charge in [0, 0.05) is 0 Å². The van der Waals surface area contributed by atoms with E-state index in [0.717, 1.165) is 0 Å². The van der Waals surface area contributed by atoms with Crippen molar-refractivity contribution in [3.05, 3.63) is 59.7 Å². The van der Waals surface area contributed by atoms with Gasteiger partial charge in [0.25, 0.3) is 0 Å². The summed E-state index contributed by atoms with van der Waals surface area (Å²) in [5, 5.41) is 18.3. The molecular weight excluding hydrogens is 368 g/mol. The Kier molecular flexibility index (Phi) is 6.49. The molecule has 2 aromatic rings. The first-order valence-corrected chi connectivity index (χ1v) is 8.30. The van der Waals surface area contributed by atoms with Crippen LogP contribution in [0.4, 0.5) is 0 Å². The molecule has 0 heterocycles. The van der Waals surface area contributed by atoms with E-state index in [4.69, 9.17) is 19.7 Å². The molecule has 8 nitrogen and oxygen atoms in total. The van der Waals surface area contributed by atoms with Gasteiger partial charge in [0.15, 0.2) is 0 Å². The molecule has 0 aliphatic heterocycles. The first kappa shape index (κ1) is 20.6. The molecule has 0 spiro atoms. The first-order chi connectivity index (χ1) is 13.2. The molecule has 0 bridgehead atoms. The van der Waals surface area contributed by atoms with Crippen LogP contribution < -0.4 is 9.47 Å². The van der Waals surface area contributed by atoms with Crippen LogP contribution in [0.2, 0.25) is 0 Å². The van der Waals surface area contributed by atoms with Crippen LogP contribution in [0.15, 0.2) is 48.5 Å². The topological polar surface area (TPSA) is 127 Å². The quantitative estimate of drug-likeness (QED) is 0.549. The Hall–Kier alpha value is -3.68. The minimum absolute atomic E-state index is 0.136. The Morgan fingerprint density at radius 1 is 0.679 bits per heavy atom. The number of hydrogen-bond acceptors (Lipinski definition) is 6. The summed E-state index contributed by atoms with van der Waals surface area (Å²) in [6.07, 6.45) is 0. The summed E-state index contributed by atoms with van der Waals surface area (Å²) < 4.78 is 10.3. The van der Waals surface area contributed by atoms with Crippen molar-refractivity contribution in [3.8, 4) is 11.5 Å². The summed E-state index contributed by atoms with van der Waals surface area (Å²) in [7, 11) is 0. The lowest BCUT2D eigenvalue weighted by Crippen LogP contribution is -2.32. The standard InChI is InChI=1S/C20H18O8/c1-11(19(25)27-15-9-5-3-7-13(15)17(21)22)12(2)20(26)28-16-10-6-4-8-14(16)18(23)24/h3-12H,1-2H3,(H,21,22)(H,23,24). The molecule has 8 heteroatoms. The van der Waals surface area contributed by atoms with Gasteiger partial charge in [-0.3, -0.25) is 9.59 Å². The molecule has 0 amide bonds. The van der Waals surface area contributed by atoms with Gasteiger partial charge in [0.1, 0.15) is 22.6 Å². The fraction of sp³-hybridized carbons (Fsp3) is 0.200. The predicted octanol–water partition coefficient (Wildman–Crippen LogP) is 2.87. The van der Waals surface area contributed by atoms with Crippen LogP contribution in [0.25, 0.3) is 0 Å². The van der Waals surface area contributed by atoms with Crippen molar-refractivity contribution in [1.29, 1.82) is 0 Å². The van der Waals surface area contributed by atoms with Crippen molar-refractivity contribution in [1.82, 2.24) is 0 Å². The minimum Gasteiger partial charge on any atom is -0.478 e. The second-order valence-electron chi connectivity index (χ2n) is 6.02. The predicted molar refractivity (Wildman–Crippen MR) is 96.4 cm³/mol. The number of rotatable bonds is 7. The second-order valence-corrected chi connectivity index (χ2v) is 6.02. The first-order valence-electron chi connectivity index (χ1n) is 8.30. The highest BCUT2D eigenvalue weighted by Crippen LogP contribution is 2.24. The monoisotopic (exact) mass is 386 g/mol. The molecule has 2 unspecified atom stereocenters. The van der Waals surface area contributed by atoms with E-state index in [-0.39, 0.29) is 22.6 Å². The Morgan fingerprint density at radius 2 is 1.00 bits per heavy atom. The average Bonchev–Trinajstić information content (AvgIpc) is 2.67. The number of carboxylic acid groups (broad SMARTS) is 2. The number of benzene rings is 2. The summed E-state index contributed by atoms with van der Waals surface area (Å²) >= 11 is 0. The van der Waals surface area contributed by atoms with Crippen molar-refractivity contribution in [2.75, 3.05) is 0 Å². The van der Waals surface area contributed by atoms with E-state index in [2.05, 4.69) is 0 Å². The fourth-order valence-corrected chi connectivity index (χ4v) is 2.28. The highest BCUT2D eigenvalue weighted by Gasteiger charge is 2.31. The van der Waals surface area contributed by atoms with Crippen LogP contribution in [0.5, 0.6) is 11.5 Å². The largest absolute Gasteiger partial charge is 0.478 e. The zero-order valence-corrected chi connectivity index (χ0v) is 15.1. The third-order valence-electron chi connectivity index (χ3n) is 4.15. The molecular formula is C20H18O8. The van der Waals surface area contributed by atoms with Crippen molar-refractivity contribution >= 4 is 23.9 Å². The molecule has 0 aliphatic carbocycles. The van der Waals surface area contributed by atoms with Crippen LogP contribution in [0.3, 0.4) is 0 Å². The number of para-hydroxylation sites is 2. The summed E-state index contributed by atoms with van der Waals surface area (Å²) in [5.74, 6) is -6.35. The highest BCUT2D eigenvalue weighted by atomic mass is 16.5. The number of carbonyl (C=O) groups is 4. The van der Waals surface area contributed by atoms with Gasteiger partial charge >= 0.3 is 23.9 Å². The molecule has 0 fully saturated rings. The normalized spacial score (nSPS) is 12.5. The minimum atomic E-state index is -1.26. The Balaban J connectivity index is 2.10. The zero-order valence-electron chi connectivity index (χ0n) is 15.1. The van der Waals surface area contributed by atoms with Crippen LogP contribution >= 0.6 is 0 Å². The molecule has 0 saturated carbocycles. The summed E-state index contributed by atoms with van der Waals surface area (Å²) in [5.41, 5.74) is -0.373. The highest BCUT2D eigenvalue weighted by molar-refractivity contribution is 5.93. The Bertz CT molecular complexity index is 842. The number of ether oxygens (including phenoxy) is 2. The van der Waals surface area contributed by atoms with E-state index in [9.17, 15) is 19.2 Å². The molecule has 0 saturated heterocycles. The number of carbonyl (C=O) groups excluding carboxylic acids is 2. The van der Waals surface area contributed by atoms with Crippen LogP contribution in [-0.2, 0) is 9.59 Å². The molecule has 2 aromatic carbocycles. The van der Waals surface area contributed by atoms with Gasteiger partial charge < -0.3 is 19.7 Å². The van der Waals surface area contributed by atoms with E-state index in [0.29, 0.717) is 0 Å². The smallest absolute Gasteiger partial charge is 0.339 e. The van der Waals surface area contributed by atoms with Crippen molar-refractivity contribution in [3.63, 3.8) is 0 Å². The van der Waals surface area contributed by atoms with E-state index in [1.807, 2.05) is 0 Å². The van der Waals surface area contributed by atoms with Crippen molar-refractivity contribution < 1.29 is 38.9 Å². The van der Waals surface area contributed by atoms with Crippen LogP contribution in [-0.4, -0.2) is 34.1 Å². The molecule has 0 radical (unpaired) electrons. The number of hydrogen-bond donors (Lipinski definition) is 2. The molecule has 28 heavy (non-hydrogen) atoms. The molecule has 0 aromatic heterocycles. The van der Waals surface area contributed by atoms with Gasteiger partial charge in [-0.05, 0) is 24.3 Å². The molecule has 2 N–H and O–H groups in total. The maximum absolute atomic E-state index is 12.3. The zero-order chi connectivity index (χ0) is 20.8. The van der Waals surface area contributed by atoms with Gasteiger partial charge in [-0.25, -0.2) is 9.59 Å². The van der Waals surface area contributed by atoms with Gasteiger partial charge in [-0.1, -0.05) is 38.1 Å². The van der Waals surface area contributed by atoms with E-state index in [1.165, 1.54) is 62.4 Å². The average molecular weight is 386 g/mol. The number of esters is 2. The summed E-state index contributed by atoms with van der Waals surface area (Å²) in [6, 6.07) is 11.3. The molecule has 0 aliphatic rings. The SMILES string of the molecule is CC(C(=O)Oc1ccccc1C(=O)O)C(C)C(=O)Oc1ccccc1C(=O)O. The lowest BCUT2D eigenvalue weighted by atomic mass is 9.96. The van der Waals surface area contributed by atoms with Crippen LogP contribution in [0, 0.1) is 11.8 Å². The Labute approximate surface area is 160 Å². The third kappa shape index (κ3) is 4.73. The van der Waals surface area contributed by atoms with Gasteiger partial charge in [0.05, 0.1) is 11.8 Å². The second kappa shape index (κ2) is 8.81. The lowest BCUT2D eigenvalue weighted by Gasteiger charge is -2.18. The molecule has 2 rings (SSSR count). The third-order valence-corrected chi connectivity index (χ3v) is 4.15. The maximum Gasteiger partial charge on any atom is 0.339 e. The maximum atomic E-state index is 12.3. The van der Waals surface area contributed by atoms with Crippen molar-refractivity contribution in [2.45, 2.75) is 13.8 Å². The Morgan fingerprint density at radius 3 is 1.32 bits per heavy atom. The summed E-state index contributed by atoms with van der Waals surface area (Å²) in [4.78, 5) is 47.1. The van der Waals surface area contributed by atoms with Crippen LogP contribution in [0.1, 0.15) is 34.6 Å². The van der Waals surface area contributed by atoms with E-state index in [1.54, 1.807) is 0 Å². The van der Waals surface area contributed by atoms with Crippen molar-refractivity contribution in [2.24, 2.45) is 11.8 Å². The van der Waals surface area contributed by atoms with Gasteiger partial charge in [-0.15, -0.1) is 0 Å². The number of carboxylic acids is 2. The van der Waals surface area contributed by atoms with Gasteiger partial charge in [-0.2, -0.15) is 0 Å². The van der Waals surface area contributed by atoms with Gasteiger partial charge in [0.2, 0.25) is 0 Å². The summed E-state index contributed by atoms with van der Waals surface area (Å²) in [6.45, 7) is 2.86. The van der Waals surface area contributed by atoms with E-state index < -0.39 is 35.7 Å². The fourth-order valence-electron chi connectivity index (χ4n) is 2.28. The number of aromatic carboxylic acids is 2. The molecule has 146 valence electrons. The van der Waals surface area contributed by atoms with E-state index >= 15 is 0 Å². The molecule has 2 atom stereocenters.